The lowest BCUT2D eigenvalue weighted by Gasteiger charge is -2.22. The van der Waals surface area contributed by atoms with Crippen molar-refractivity contribution in [2.75, 3.05) is 0 Å². The first-order valence-electron chi connectivity index (χ1n) is 40.6. The van der Waals surface area contributed by atoms with Crippen LogP contribution in [0.3, 0.4) is 0 Å². The fourth-order valence-electron chi connectivity index (χ4n) is 19.5. The summed E-state index contributed by atoms with van der Waals surface area (Å²) in [6.07, 6.45) is 1.02. The van der Waals surface area contributed by atoms with Crippen LogP contribution in [0.25, 0.3) is 193 Å². The van der Waals surface area contributed by atoms with E-state index in [1.807, 2.05) is 36.4 Å². The first kappa shape index (κ1) is 69.8. The van der Waals surface area contributed by atoms with Crippen molar-refractivity contribution in [1.82, 2.24) is 14.5 Å². The molecule has 0 atom stereocenters. The number of hydrogen-bond acceptors (Lipinski definition) is 2. The van der Waals surface area contributed by atoms with Crippen molar-refractivity contribution in [3.05, 3.63) is 426 Å². The molecule has 0 saturated heterocycles. The van der Waals surface area contributed by atoms with E-state index in [1.165, 1.54) is 170 Å². The second-order valence-corrected chi connectivity index (χ2v) is 33.7. The first-order valence-corrected chi connectivity index (χ1v) is 41.4. The van der Waals surface area contributed by atoms with Crippen LogP contribution in [0.2, 0.25) is 0 Å². The van der Waals surface area contributed by atoms with Crippen molar-refractivity contribution in [2.24, 2.45) is 0 Å². The molecule has 0 aliphatic heterocycles. The predicted molar refractivity (Wildman–Crippen MR) is 498 cm³/mol. The Morgan fingerprint density at radius 1 is 0.222 bits per heavy atom. The van der Waals surface area contributed by atoms with Gasteiger partial charge in [0.15, 0.2) is 0 Å². The van der Waals surface area contributed by atoms with Gasteiger partial charge in [0.25, 0.3) is 0 Å². The van der Waals surface area contributed by atoms with Gasteiger partial charge < -0.3 is 4.57 Å². The van der Waals surface area contributed by atoms with Gasteiger partial charge in [0.1, 0.15) is 0 Å². The highest BCUT2D eigenvalue weighted by atomic mass is 79.9. The van der Waals surface area contributed by atoms with Gasteiger partial charge in [-0.25, -0.2) is 9.97 Å². The highest BCUT2D eigenvalue weighted by Gasteiger charge is 2.39. The van der Waals surface area contributed by atoms with Crippen molar-refractivity contribution in [3.8, 4) is 106 Å². The molecule has 0 unspecified atom stereocenters. The molecule has 0 fully saturated rings. The van der Waals surface area contributed by atoms with E-state index in [0.717, 1.165) is 67.2 Å². The summed E-state index contributed by atoms with van der Waals surface area (Å²) >= 11 is 3.50. The van der Waals surface area contributed by atoms with E-state index in [9.17, 15) is 0 Å². The van der Waals surface area contributed by atoms with Crippen LogP contribution in [-0.4, -0.2) is 14.5 Å². The third-order valence-corrected chi connectivity index (χ3v) is 25.9. The quantitative estimate of drug-likeness (QED) is 0.149. The SMILES string of the molecule is Brc1ccc(-c2cc(-c3ccccc3)cc(-c3ccccc3)n2)cc1.CC1(C)c2ccccc2-c2cc3c(cc21)Cc1cc2c4ccccc4c4ccccc4c2cc1-3.CC1(C)c2ccccc2-c2cc3c4cc5c6ccccc6c6ccccc6c5cc4n(-c4ccc(-c5cc(-c6ccccc6)cc(-c6ccccc6)n5)cc4)c3cc21. The van der Waals surface area contributed by atoms with Crippen LogP contribution >= 0.6 is 15.9 Å². The number of pyridine rings is 2. The van der Waals surface area contributed by atoms with Crippen LogP contribution in [0.15, 0.2) is 393 Å². The van der Waals surface area contributed by atoms with Gasteiger partial charge in [-0.15, -0.1) is 0 Å². The number of halogens is 1. The monoisotopic (exact) mass is 1560 g/mol. The average molecular weight is 1560 g/mol. The Balaban J connectivity index is 0.000000118. The van der Waals surface area contributed by atoms with Gasteiger partial charge in [-0.2, -0.15) is 0 Å². The molecule has 3 aromatic heterocycles. The molecule has 117 heavy (non-hydrogen) atoms. The summed E-state index contributed by atoms with van der Waals surface area (Å²) in [5, 5.41) is 18.4. The summed E-state index contributed by atoms with van der Waals surface area (Å²) in [7, 11) is 0. The van der Waals surface area contributed by atoms with E-state index < -0.39 is 0 Å². The molecule has 21 aromatic rings. The topological polar surface area (TPSA) is 30.7 Å². The van der Waals surface area contributed by atoms with E-state index in [1.54, 1.807) is 0 Å². The number of nitrogens with zero attached hydrogens (tertiary/aromatic N) is 3. The lowest BCUT2D eigenvalue weighted by Crippen LogP contribution is -2.15. The Kier molecular flexibility index (Phi) is 16.5. The Bertz CT molecular complexity index is 7490. The maximum absolute atomic E-state index is 5.25. The molecule has 18 aromatic carbocycles. The molecule has 0 N–H and O–H groups in total. The van der Waals surface area contributed by atoms with Crippen LogP contribution in [0.4, 0.5) is 0 Å². The lowest BCUT2D eigenvalue weighted by molar-refractivity contribution is 0.659. The zero-order valence-corrected chi connectivity index (χ0v) is 67.0. The Hall–Kier alpha value is -13.9. The van der Waals surface area contributed by atoms with Gasteiger partial charge >= 0.3 is 0 Å². The minimum absolute atomic E-state index is 0.0485. The molecule has 3 aliphatic rings. The van der Waals surface area contributed by atoms with E-state index >= 15 is 0 Å². The lowest BCUT2D eigenvalue weighted by atomic mass is 9.81. The highest BCUT2D eigenvalue weighted by molar-refractivity contribution is 9.10. The molecule has 552 valence electrons. The van der Waals surface area contributed by atoms with Crippen LogP contribution in [0, 0.1) is 0 Å². The van der Waals surface area contributed by atoms with E-state index in [2.05, 4.69) is 400 Å². The molecular formula is C113H78BrN3. The van der Waals surface area contributed by atoms with Crippen LogP contribution in [0.5, 0.6) is 0 Å². The molecule has 24 rings (SSSR count). The van der Waals surface area contributed by atoms with Crippen molar-refractivity contribution in [2.45, 2.75) is 44.9 Å². The van der Waals surface area contributed by atoms with Crippen LogP contribution in [-0.2, 0) is 17.3 Å². The van der Waals surface area contributed by atoms with Gasteiger partial charge in [-0.3, -0.25) is 0 Å². The standard InChI is InChI=1S/C56H38N2.C34H24.C23H16BrN/c1-56(2)50-24-14-13-23-44(50)47-32-49-48-31-45-42-21-11-9-19-40(42)41-20-10-12-22-43(41)46(45)33-54(48)58(55(49)34-51(47)56)39-27-25-37(26-28-39)53-30-38(35-15-5-3-6-16-35)29-52(57-53)36-17-7-4-8-18-36;1-34(2)32-14-8-7-13-26(32)31-19-28-21(17-33(31)34)15-20-16-29-24-11-5-3-9-22(24)23-10-4-6-12-25(23)30(29)18-27(20)28;24-21-13-11-19(12-14-21)23-16-20(17-7-3-1-4-8-17)15-22(25-23)18-9-5-2-6-10-18/h3-34H,1-2H3;3-14,16-19H,15H2,1-2H3;1-16H. The summed E-state index contributed by atoms with van der Waals surface area (Å²) in [4.78, 5) is 10.2. The summed E-state index contributed by atoms with van der Waals surface area (Å²) in [5.74, 6) is 0. The fourth-order valence-corrected chi connectivity index (χ4v) is 19.8. The number of fused-ring (bicyclic) bond motifs is 24. The molecular weight excluding hydrogens is 1480 g/mol. The second-order valence-electron chi connectivity index (χ2n) is 32.7. The van der Waals surface area contributed by atoms with E-state index in [4.69, 9.17) is 9.97 Å². The Morgan fingerprint density at radius 2 is 0.538 bits per heavy atom. The number of aromatic nitrogens is 3. The van der Waals surface area contributed by atoms with Crippen LogP contribution in [0.1, 0.15) is 61.1 Å². The number of hydrogen-bond donors (Lipinski definition) is 0. The van der Waals surface area contributed by atoms with Gasteiger partial charge in [0.05, 0.1) is 33.8 Å². The normalized spacial score (nSPS) is 13.1. The summed E-state index contributed by atoms with van der Waals surface area (Å²) in [6.45, 7) is 9.49. The minimum Gasteiger partial charge on any atom is -0.309 e. The molecule has 4 heteroatoms. The molecule has 0 amide bonds. The molecule has 0 saturated carbocycles. The molecule has 3 heterocycles. The minimum atomic E-state index is -0.117. The molecule has 0 spiro atoms. The number of rotatable bonds is 7. The maximum atomic E-state index is 5.25. The summed E-state index contributed by atoms with van der Waals surface area (Å²) in [5.41, 5.74) is 33.4. The zero-order valence-electron chi connectivity index (χ0n) is 65.4. The van der Waals surface area contributed by atoms with E-state index in [0.29, 0.717) is 0 Å². The highest BCUT2D eigenvalue weighted by Crippen LogP contribution is 2.55. The van der Waals surface area contributed by atoms with Gasteiger partial charge in [-0.1, -0.05) is 341 Å². The molecule has 3 nitrogen and oxygen atoms in total. The van der Waals surface area contributed by atoms with Gasteiger partial charge in [0, 0.05) is 54.0 Å². The largest absolute Gasteiger partial charge is 0.309 e. The number of benzene rings is 18. The zero-order chi connectivity index (χ0) is 78.2. The molecule has 0 radical (unpaired) electrons. The molecule has 0 bridgehead atoms. The van der Waals surface area contributed by atoms with Gasteiger partial charge in [0.2, 0.25) is 0 Å². The predicted octanol–water partition coefficient (Wildman–Crippen LogP) is 30.8. The Labute approximate surface area is 689 Å². The van der Waals surface area contributed by atoms with Gasteiger partial charge in [-0.05, 0) is 251 Å². The van der Waals surface area contributed by atoms with E-state index in [-0.39, 0.29) is 10.8 Å². The van der Waals surface area contributed by atoms with Crippen molar-refractivity contribution in [3.63, 3.8) is 0 Å². The second kappa shape index (κ2) is 27.7. The maximum Gasteiger partial charge on any atom is 0.0715 e. The fraction of sp³-hybridized carbons (Fsp3) is 0.0619. The summed E-state index contributed by atoms with van der Waals surface area (Å²) < 4.78 is 3.57. The third-order valence-electron chi connectivity index (χ3n) is 25.3. The first-order chi connectivity index (χ1) is 57.4. The summed E-state index contributed by atoms with van der Waals surface area (Å²) in [6, 6.07) is 141. The smallest absolute Gasteiger partial charge is 0.0715 e. The van der Waals surface area contributed by atoms with Crippen molar-refractivity contribution >= 4 is 102 Å². The van der Waals surface area contributed by atoms with Crippen molar-refractivity contribution < 1.29 is 0 Å². The Morgan fingerprint density at radius 3 is 1.00 bits per heavy atom. The average Bonchev–Trinajstić information content (AvgIpc) is 1.56. The molecule has 3 aliphatic carbocycles. The van der Waals surface area contributed by atoms with Crippen molar-refractivity contribution in [1.29, 1.82) is 0 Å². The van der Waals surface area contributed by atoms with Crippen LogP contribution < -0.4 is 0 Å². The third kappa shape index (κ3) is 11.7.